The van der Waals surface area contributed by atoms with Gasteiger partial charge in [-0.25, -0.2) is 8.78 Å². The van der Waals surface area contributed by atoms with Crippen LogP contribution in [-0.2, 0) is 31.2 Å². The van der Waals surface area contributed by atoms with Crippen LogP contribution in [0.2, 0.25) is 5.02 Å². The largest absolute Gasteiger partial charge is 0.490 e. The number of fused-ring (bicyclic) bond motifs is 2. The van der Waals surface area contributed by atoms with E-state index in [0.29, 0.717) is 71.0 Å². The van der Waals surface area contributed by atoms with Crippen molar-refractivity contribution in [1.82, 2.24) is 44.9 Å². The minimum atomic E-state index is -2.66. The molecule has 1 aliphatic carbocycles. The molecule has 2 aromatic carbocycles. The zero-order valence-corrected chi connectivity index (χ0v) is 40.9. The second-order valence-corrected chi connectivity index (χ2v) is 20.4. The van der Waals surface area contributed by atoms with Crippen molar-refractivity contribution in [1.29, 1.82) is 5.26 Å². The van der Waals surface area contributed by atoms with E-state index in [-0.39, 0.29) is 35.6 Å². The van der Waals surface area contributed by atoms with Gasteiger partial charge in [-0.3, -0.25) is 19.0 Å². The van der Waals surface area contributed by atoms with Crippen LogP contribution in [0.4, 0.5) is 26.1 Å². The number of alkyl halides is 2. The highest BCUT2D eigenvalue weighted by atomic mass is 35.5. The van der Waals surface area contributed by atoms with Crippen molar-refractivity contribution in [3.63, 3.8) is 0 Å². The molecular formula is C52H61ClF2N12O3. The van der Waals surface area contributed by atoms with E-state index in [2.05, 4.69) is 53.0 Å². The summed E-state index contributed by atoms with van der Waals surface area (Å²) in [6.45, 7) is 10.4. The highest BCUT2D eigenvalue weighted by molar-refractivity contribution is 6.31. The van der Waals surface area contributed by atoms with Gasteiger partial charge in [-0.15, -0.1) is 10.2 Å². The number of carbonyl (C=O) groups excluding carboxylic acids is 2. The highest BCUT2D eigenvalue weighted by Crippen LogP contribution is 2.44. The number of benzene rings is 2. The maximum Gasteiger partial charge on any atom is 0.272 e. The predicted octanol–water partition coefficient (Wildman–Crippen LogP) is 8.44. The Balaban J connectivity index is 0.735. The van der Waals surface area contributed by atoms with Gasteiger partial charge >= 0.3 is 0 Å². The molecule has 3 aromatic heterocycles. The number of hydrogen-bond acceptors (Lipinski definition) is 11. The quantitative estimate of drug-likeness (QED) is 0.136. The number of nitrogens with one attached hydrogen (secondary N) is 1. The molecular weight excluding hydrogens is 914 g/mol. The normalized spacial score (nSPS) is 22.1. The summed E-state index contributed by atoms with van der Waals surface area (Å²) in [7, 11) is 1.79. The number of piperidine rings is 2. The summed E-state index contributed by atoms with van der Waals surface area (Å²) in [5.74, 6) is 2.99. The fraction of sp³-hybridized carbons (Fsp3) is 0.519. The third-order valence-electron chi connectivity index (χ3n) is 15.4. The molecule has 1 N–H and O–H groups in total. The number of anilines is 3. The van der Waals surface area contributed by atoms with Gasteiger partial charge in [0.1, 0.15) is 11.8 Å². The topological polar surface area (TPSA) is 154 Å². The van der Waals surface area contributed by atoms with Crippen molar-refractivity contribution in [2.75, 3.05) is 55.6 Å². The van der Waals surface area contributed by atoms with Crippen LogP contribution in [0.3, 0.4) is 0 Å². The van der Waals surface area contributed by atoms with Crippen molar-refractivity contribution in [2.24, 2.45) is 18.9 Å². The Morgan fingerprint density at radius 3 is 2.47 bits per heavy atom. The van der Waals surface area contributed by atoms with Gasteiger partial charge in [0.2, 0.25) is 5.91 Å². The molecule has 0 unspecified atom stereocenters. The molecule has 5 aromatic rings. The molecule has 4 aliphatic heterocycles. The summed E-state index contributed by atoms with van der Waals surface area (Å²) in [6.07, 6.45) is 9.22. The summed E-state index contributed by atoms with van der Waals surface area (Å²) < 4.78 is 39.6. The number of amides is 2. The summed E-state index contributed by atoms with van der Waals surface area (Å²) >= 11 is 6.18. The molecule has 2 amide bonds. The standard InChI is InChI=1S/C52H61ClF2N12O3/c1-32-28-65(49-13-12-46(59-60-49)52(69)58-38-7-10-40(11-8-38)70-41-9-6-35(26-56)45(53)24-41)21-14-36(32)30-63-19-15-39(16-20-63)67-47-17-22-64(33(2)68)31-44(47)51(61-67)66-18-4-5-34-23-42(37-27-57-62(3)29-37)43(50(54)55)25-48(34)66/h6,9,12-13,23-25,27,29,32,36,38-40,50H,4-5,7-8,10-11,14-22,28,30-31H2,1-3H3,(H,58,69)/t32-,36-,38?,40?/m1/s1. The van der Waals surface area contributed by atoms with Crippen molar-refractivity contribution < 1.29 is 23.1 Å². The van der Waals surface area contributed by atoms with Crippen molar-refractivity contribution in [3.8, 4) is 22.9 Å². The number of likely N-dealkylation sites (tertiary alicyclic amines) is 1. The molecule has 2 atom stereocenters. The zero-order valence-electron chi connectivity index (χ0n) is 40.2. The van der Waals surface area contributed by atoms with Crippen LogP contribution in [-0.4, -0.2) is 109 Å². The van der Waals surface area contributed by atoms with Crippen LogP contribution in [0, 0.1) is 23.2 Å². The lowest BCUT2D eigenvalue weighted by Gasteiger charge is -2.41. The monoisotopic (exact) mass is 974 g/mol. The third kappa shape index (κ3) is 9.94. The highest BCUT2D eigenvalue weighted by Gasteiger charge is 2.36. The minimum absolute atomic E-state index is 0.0129. The van der Waals surface area contributed by atoms with Gasteiger partial charge in [-0.05, 0) is 117 Å². The molecule has 15 nitrogen and oxygen atoms in total. The fourth-order valence-electron chi connectivity index (χ4n) is 11.5. The second-order valence-electron chi connectivity index (χ2n) is 20.0. The number of ether oxygens (including phenoxy) is 1. The van der Waals surface area contributed by atoms with Gasteiger partial charge in [-0.1, -0.05) is 18.5 Å². The average molecular weight is 976 g/mol. The van der Waals surface area contributed by atoms with Gasteiger partial charge in [0.15, 0.2) is 17.3 Å². The maximum atomic E-state index is 14.8. The van der Waals surface area contributed by atoms with E-state index in [1.807, 2.05) is 17.0 Å². The first-order chi connectivity index (χ1) is 33.9. The molecule has 0 bridgehead atoms. The molecule has 0 spiro atoms. The minimum Gasteiger partial charge on any atom is -0.490 e. The van der Waals surface area contributed by atoms with E-state index < -0.39 is 6.43 Å². The lowest BCUT2D eigenvalue weighted by atomic mass is 9.86. The molecule has 5 aliphatic rings. The van der Waals surface area contributed by atoms with Crippen LogP contribution in [0.1, 0.15) is 116 Å². The van der Waals surface area contributed by atoms with Crippen molar-refractivity contribution >= 4 is 40.7 Å². The van der Waals surface area contributed by atoms with E-state index in [1.165, 1.54) is 0 Å². The van der Waals surface area contributed by atoms with E-state index >= 15 is 0 Å². The second kappa shape index (κ2) is 20.3. The van der Waals surface area contributed by atoms with E-state index in [9.17, 15) is 18.4 Å². The summed E-state index contributed by atoms with van der Waals surface area (Å²) in [4.78, 5) is 34.8. The van der Waals surface area contributed by atoms with Gasteiger partial charge in [-0.2, -0.15) is 15.5 Å². The Kier molecular flexibility index (Phi) is 13.8. The SMILES string of the molecule is CC(=O)N1CCc2c(c(N3CCCc4cc(-c5cnn(C)c5)c(C(F)F)cc43)nn2C2CCN(C[C@H]3CCN(c4ccc(C(=O)NC5CCC(Oc6ccc(C#N)c(Cl)c6)CC5)nn4)C[C@H]3C)CC2)C1. The molecule has 2 saturated heterocycles. The molecule has 3 fully saturated rings. The fourth-order valence-corrected chi connectivity index (χ4v) is 11.7. The predicted molar refractivity (Wildman–Crippen MR) is 262 cm³/mol. The Labute approximate surface area is 412 Å². The van der Waals surface area contributed by atoms with Crippen molar-refractivity contribution in [3.05, 3.63) is 93.5 Å². The first-order valence-electron chi connectivity index (χ1n) is 24.9. The van der Waals surface area contributed by atoms with Crippen LogP contribution in [0.25, 0.3) is 11.1 Å². The molecule has 0 radical (unpaired) electrons. The van der Waals surface area contributed by atoms with Crippen LogP contribution >= 0.6 is 11.6 Å². The number of aryl methyl sites for hydroxylation is 2. The molecule has 7 heterocycles. The summed E-state index contributed by atoms with van der Waals surface area (Å²) in [5, 5.41) is 31.1. The lowest BCUT2D eigenvalue weighted by Crippen LogP contribution is -2.46. The van der Waals surface area contributed by atoms with Crippen LogP contribution in [0.5, 0.6) is 5.75 Å². The van der Waals surface area contributed by atoms with Crippen molar-refractivity contribution in [2.45, 2.75) is 109 Å². The molecule has 10 rings (SSSR count). The molecule has 1 saturated carbocycles. The van der Waals surface area contributed by atoms with Gasteiger partial charge < -0.3 is 29.7 Å². The van der Waals surface area contributed by atoms with E-state index in [1.54, 1.807) is 61.4 Å². The Morgan fingerprint density at radius 2 is 1.79 bits per heavy atom. The molecule has 70 heavy (non-hydrogen) atoms. The van der Waals surface area contributed by atoms with E-state index in [0.717, 1.165) is 125 Å². The zero-order chi connectivity index (χ0) is 48.6. The van der Waals surface area contributed by atoms with Gasteiger partial charge in [0.25, 0.3) is 12.3 Å². The molecule has 18 heteroatoms. The number of aromatic nitrogens is 6. The summed E-state index contributed by atoms with van der Waals surface area (Å²) in [6, 6.07) is 14.7. The number of carbonyl (C=O) groups is 2. The number of hydrogen-bond donors (Lipinski definition) is 1. The number of rotatable bonds is 11. The lowest BCUT2D eigenvalue weighted by molar-refractivity contribution is -0.129. The van der Waals surface area contributed by atoms with E-state index in [4.69, 9.17) is 26.7 Å². The number of nitrogens with zero attached hydrogens (tertiary/aromatic N) is 11. The van der Waals surface area contributed by atoms with Gasteiger partial charge in [0.05, 0.1) is 35.5 Å². The van der Waals surface area contributed by atoms with Crippen LogP contribution in [0.15, 0.2) is 54.9 Å². The molecule has 368 valence electrons. The average Bonchev–Trinajstić information content (AvgIpc) is 3.98. The smallest absolute Gasteiger partial charge is 0.272 e. The first kappa shape index (κ1) is 47.6. The van der Waals surface area contributed by atoms with Gasteiger partial charge in [0, 0.05) is 113 Å². The third-order valence-corrected chi connectivity index (χ3v) is 15.8. The Morgan fingerprint density at radius 1 is 0.971 bits per heavy atom. The number of nitriles is 1. The summed E-state index contributed by atoms with van der Waals surface area (Å²) in [5.41, 5.74) is 5.88. The van der Waals surface area contributed by atoms with Crippen LogP contribution < -0.4 is 19.9 Å². The Hall–Kier alpha value is -6.12. The first-order valence-corrected chi connectivity index (χ1v) is 25.3. The number of halogens is 3. The Bertz CT molecular complexity index is 2760. The maximum absolute atomic E-state index is 14.8.